The first kappa shape index (κ1) is 13.3. The molecule has 104 valence electrons. The number of nitrogens with one attached hydrogen (secondary N) is 2. The first-order chi connectivity index (χ1) is 9.83. The number of nitrogens with zero attached hydrogens (tertiary/aromatic N) is 1. The second-order valence-electron chi connectivity index (χ2n) is 4.91. The van der Waals surface area contributed by atoms with Gasteiger partial charge in [-0.1, -0.05) is 18.6 Å². The Labute approximate surface area is 122 Å². The Morgan fingerprint density at radius 1 is 1.40 bits per heavy atom. The van der Waals surface area contributed by atoms with Crippen molar-refractivity contribution in [1.82, 2.24) is 10.3 Å². The minimum absolute atomic E-state index is 0.0565. The fourth-order valence-corrected chi connectivity index (χ4v) is 3.04. The largest absolute Gasteiger partial charge is 0.325 e. The van der Waals surface area contributed by atoms with Gasteiger partial charge in [-0.05, 0) is 31.5 Å². The van der Waals surface area contributed by atoms with Crippen molar-refractivity contribution in [2.45, 2.75) is 25.3 Å². The van der Waals surface area contributed by atoms with E-state index in [-0.39, 0.29) is 11.9 Å². The average Bonchev–Trinajstić information content (AvgIpc) is 3.03. The van der Waals surface area contributed by atoms with E-state index >= 15 is 0 Å². The molecule has 0 radical (unpaired) electrons. The van der Waals surface area contributed by atoms with Gasteiger partial charge < -0.3 is 10.6 Å². The van der Waals surface area contributed by atoms with Gasteiger partial charge >= 0.3 is 0 Å². The SMILES string of the molecule is O=C(Nc1cccc(-c2nccs2)c1)[C@H]1CCCCN1. The van der Waals surface area contributed by atoms with Gasteiger partial charge in [0.15, 0.2) is 0 Å². The number of thiazole rings is 1. The van der Waals surface area contributed by atoms with Crippen LogP contribution >= 0.6 is 11.3 Å². The number of hydrogen-bond donors (Lipinski definition) is 2. The van der Waals surface area contributed by atoms with E-state index in [1.54, 1.807) is 17.5 Å². The number of piperidine rings is 1. The number of carbonyl (C=O) groups is 1. The zero-order valence-electron chi connectivity index (χ0n) is 11.1. The number of rotatable bonds is 3. The number of aromatic nitrogens is 1. The lowest BCUT2D eigenvalue weighted by Gasteiger charge is -2.22. The summed E-state index contributed by atoms with van der Waals surface area (Å²) in [5, 5.41) is 9.17. The van der Waals surface area contributed by atoms with Crippen molar-refractivity contribution in [3.8, 4) is 10.6 Å². The summed E-state index contributed by atoms with van der Waals surface area (Å²) in [7, 11) is 0. The van der Waals surface area contributed by atoms with Crippen LogP contribution < -0.4 is 10.6 Å². The number of hydrogen-bond acceptors (Lipinski definition) is 4. The van der Waals surface area contributed by atoms with Crippen molar-refractivity contribution < 1.29 is 4.79 Å². The zero-order chi connectivity index (χ0) is 13.8. The maximum atomic E-state index is 12.2. The van der Waals surface area contributed by atoms with Gasteiger partial charge in [0, 0.05) is 22.8 Å². The topological polar surface area (TPSA) is 54.0 Å². The van der Waals surface area contributed by atoms with Crippen LogP contribution in [0.3, 0.4) is 0 Å². The molecule has 1 atom stereocenters. The number of amides is 1. The first-order valence-corrected chi connectivity index (χ1v) is 7.75. The second-order valence-corrected chi connectivity index (χ2v) is 5.80. The van der Waals surface area contributed by atoms with Crippen LogP contribution in [0.2, 0.25) is 0 Å². The molecule has 0 bridgehead atoms. The summed E-state index contributed by atoms with van der Waals surface area (Å²) in [5.74, 6) is 0.0565. The molecule has 0 aliphatic carbocycles. The van der Waals surface area contributed by atoms with E-state index in [0.717, 1.165) is 42.1 Å². The smallest absolute Gasteiger partial charge is 0.241 e. The summed E-state index contributed by atoms with van der Waals surface area (Å²) >= 11 is 1.60. The molecular weight excluding hydrogens is 270 g/mol. The molecule has 3 rings (SSSR count). The number of carbonyl (C=O) groups excluding carboxylic acids is 1. The third-order valence-electron chi connectivity index (χ3n) is 3.44. The van der Waals surface area contributed by atoms with Crippen LogP contribution in [0.5, 0.6) is 0 Å². The molecular formula is C15H17N3OS. The van der Waals surface area contributed by atoms with E-state index in [1.165, 1.54) is 0 Å². The van der Waals surface area contributed by atoms with Crippen molar-refractivity contribution >= 4 is 22.9 Å². The molecule has 1 saturated heterocycles. The molecule has 1 aromatic heterocycles. The van der Waals surface area contributed by atoms with Crippen LogP contribution in [0.1, 0.15) is 19.3 Å². The van der Waals surface area contributed by atoms with E-state index in [4.69, 9.17) is 0 Å². The predicted octanol–water partition coefficient (Wildman–Crippen LogP) is 2.89. The van der Waals surface area contributed by atoms with Gasteiger partial charge in [-0.3, -0.25) is 4.79 Å². The van der Waals surface area contributed by atoms with Crippen molar-refractivity contribution in [3.63, 3.8) is 0 Å². The van der Waals surface area contributed by atoms with Crippen LogP contribution in [0.4, 0.5) is 5.69 Å². The molecule has 20 heavy (non-hydrogen) atoms. The molecule has 4 nitrogen and oxygen atoms in total. The average molecular weight is 287 g/mol. The maximum absolute atomic E-state index is 12.2. The quantitative estimate of drug-likeness (QED) is 0.912. The van der Waals surface area contributed by atoms with Gasteiger partial charge in [0.05, 0.1) is 6.04 Å². The summed E-state index contributed by atoms with van der Waals surface area (Å²) in [5.41, 5.74) is 1.87. The molecule has 5 heteroatoms. The summed E-state index contributed by atoms with van der Waals surface area (Å²) < 4.78 is 0. The lowest BCUT2D eigenvalue weighted by molar-refractivity contribution is -0.118. The van der Waals surface area contributed by atoms with Crippen LogP contribution in [-0.2, 0) is 4.79 Å². The Morgan fingerprint density at radius 2 is 2.35 bits per heavy atom. The Morgan fingerprint density at radius 3 is 3.10 bits per heavy atom. The highest BCUT2D eigenvalue weighted by Gasteiger charge is 2.20. The minimum Gasteiger partial charge on any atom is -0.325 e. The van der Waals surface area contributed by atoms with E-state index in [1.807, 2.05) is 29.6 Å². The van der Waals surface area contributed by atoms with Gasteiger partial charge in [-0.25, -0.2) is 4.98 Å². The number of anilines is 1. The molecule has 1 amide bonds. The van der Waals surface area contributed by atoms with Gasteiger partial charge in [0.2, 0.25) is 5.91 Å². The summed E-state index contributed by atoms with van der Waals surface area (Å²) in [4.78, 5) is 16.5. The Hall–Kier alpha value is -1.72. The van der Waals surface area contributed by atoms with E-state index in [2.05, 4.69) is 15.6 Å². The molecule has 2 aromatic rings. The van der Waals surface area contributed by atoms with E-state index in [9.17, 15) is 4.79 Å². The zero-order valence-corrected chi connectivity index (χ0v) is 12.0. The van der Waals surface area contributed by atoms with Crippen LogP contribution in [-0.4, -0.2) is 23.5 Å². The fourth-order valence-electron chi connectivity index (χ4n) is 2.40. The molecule has 1 aliphatic rings. The third-order valence-corrected chi connectivity index (χ3v) is 4.26. The van der Waals surface area contributed by atoms with Crippen molar-refractivity contribution in [3.05, 3.63) is 35.8 Å². The minimum atomic E-state index is -0.0627. The van der Waals surface area contributed by atoms with Crippen molar-refractivity contribution in [1.29, 1.82) is 0 Å². The highest BCUT2D eigenvalue weighted by atomic mass is 32.1. The highest BCUT2D eigenvalue weighted by Crippen LogP contribution is 2.24. The highest BCUT2D eigenvalue weighted by molar-refractivity contribution is 7.13. The van der Waals surface area contributed by atoms with Crippen LogP contribution in [0.15, 0.2) is 35.8 Å². The normalized spacial score (nSPS) is 18.7. The van der Waals surface area contributed by atoms with Crippen molar-refractivity contribution in [2.75, 3.05) is 11.9 Å². The van der Waals surface area contributed by atoms with E-state index in [0.29, 0.717) is 0 Å². The summed E-state index contributed by atoms with van der Waals surface area (Å²) in [6, 6.07) is 7.78. The fraction of sp³-hybridized carbons (Fsp3) is 0.333. The molecule has 0 saturated carbocycles. The molecule has 0 spiro atoms. The molecule has 1 fully saturated rings. The van der Waals surface area contributed by atoms with Gasteiger partial charge in [-0.15, -0.1) is 11.3 Å². The standard InChI is InChI=1S/C15H17N3OS/c19-14(13-6-1-2-7-16-13)18-12-5-3-4-11(10-12)15-17-8-9-20-15/h3-5,8-10,13,16H,1-2,6-7H2,(H,18,19)/t13-/m1/s1. The lowest BCUT2D eigenvalue weighted by atomic mass is 10.0. The number of benzene rings is 1. The van der Waals surface area contributed by atoms with Gasteiger partial charge in [0.1, 0.15) is 5.01 Å². The Kier molecular flexibility index (Phi) is 4.08. The third kappa shape index (κ3) is 3.05. The molecule has 1 aromatic carbocycles. The van der Waals surface area contributed by atoms with Crippen LogP contribution in [0, 0.1) is 0 Å². The molecule has 2 heterocycles. The second kappa shape index (κ2) is 6.15. The van der Waals surface area contributed by atoms with Gasteiger partial charge in [-0.2, -0.15) is 0 Å². The predicted molar refractivity (Wildman–Crippen MR) is 81.8 cm³/mol. The van der Waals surface area contributed by atoms with Crippen molar-refractivity contribution in [2.24, 2.45) is 0 Å². The maximum Gasteiger partial charge on any atom is 0.241 e. The molecule has 0 unspecified atom stereocenters. The molecule has 2 N–H and O–H groups in total. The lowest BCUT2D eigenvalue weighted by Crippen LogP contribution is -2.43. The monoisotopic (exact) mass is 287 g/mol. The Balaban J connectivity index is 1.71. The molecule has 1 aliphatic heterocycles. The summed E-state index contributed by atoms with van der Waals surface area (Å²) in [6.45, 7) is 0.928. The van der Waals surface area contributed by atoms with Gasteiger partial charge in [0.25, 0.3) is 0 Å². The Bertz CT molecular complexity index is 577. The van der Waals surface area contributed by atoms with E-state index < -0.39 is 0 Å². The van der Waals surface area contributed by atoms with Crippen LogP contribution in [0.25, 0.3) is 10.6 Å². The summed E-state index contributed by atoms with van der Waals surface area (Å²) in [6.07, 6.45) is 4.97. The first-order valence-electron chi connectivity index (χ1n) is 6.87.